The first-order valence-electron chi connectivity index (χ1n) is 7.14. The van der Waals surface area contributed by atoms with E-state index in [4.69, 9.17) is 16.3 Å². The summed E-state index contributed by atoms with van der Waals surface area (Å²) in [4.78, 5) is 0. The number of rotatable bonds is 2. The standard InChI is InChI=1S/C17H25ClO/c1-10-11(2)13(4)15(14(5)12(10)3)16(18)17(6)8-7-9-19-17/h16H,7-9H2,1-6H3. The molecule has 1 aliphatic rings. The van der Waals surface area contributed by atoms with Gasteiger partial charge in [-0.3, -0.25) is 0 Å². The van der Waals surface area contributed by atoms with Crippen molar-refractivity contribution in [1.82, 2.24) is 0 Å². The molecule has 0 radical (unpaired) electrons. The van der Waals surface area contributed by atoms with Gasteiger partial charge in [0.1, 0.15) is 0 Å². The normalized spacial score (nSPS) is 24.8. The van der Waals surface area contributed by atoms with Crippen molar-refractivity contribution < 1.29 is 4.74 Å². The van der Waals surface area contributed by atoms with Gasteiger partial charge in [-0.2, -0.15) is 0 Å². The van der Waals surface area contributed by atoms with E-state index in [0.29, 0.717) is 0 Å². The Kier molecular flexibility index (Phi) is 3.99. The molecule has 0 bridgehead atoms. The van der Waals surface area contributed by atoms with Crippen molar-refractivity contribution >= 4 is 11.6 Å². The number of hydrogen-bond donors (Lipinski definition) is 0. The second kappa shape index (κ2) is 5.10. The fourth-order valence-electron chi connectivity index (χ4n) is 3.22. The number of halogens is 1. The molecule has 1 saturated heterocycles. The largest absolute Gasteiger partial charge is 0.373 e. The highest BCUT2D eigenvalue weighted by atomic mass is 35.5. The fourth-order valence-corrected chi connectivity index (χ4v) is 3.71. The fraction of sp³-hybridized carbons (Fsp3) is 0.647. The zero-order valence-corrected chi connectivity index (χ0v) is 13.7. The number of hydrogen-bond acceptors (Lipinski definition) is 1. The molecule has 1 aromatic carbocycles. The van der Waals surface area contributed by atoms with Crippen LogP contribution in [0.1, 0.15) is 58.5 Å². The Bertz CT molecular complexity index is 469. The van der Waals surface area contributed by atoms with Gasteiger partial charge >= 0.3 is 0 Å². The highest BCUT2D eigenvalue weighted by Gasteiger charge is 2.40. The first kappa shape index (κ1) is 14.9. The predicted octanol–water partition coefficient (Wildman–Crippen LogP) is 5.08. The molecule has 2 atom stereocenters. The van der Waals surface area contributed by atoms with Crippen LogP contribution in [-0.4, -0.2) is 12.2 Å². The molecule has 106 valence electrons. The summed E-state index contributed by atoms with van der Waals surface area (Å²) in [5.74, 6) is 0. The summed E-state index contributed by atoms with van der Waals surface area (Å²) in [6.45, 7) is 14.0. The second-order valence-corrected chi connectivity index (χ2v) is 6.60. The Morgan fingerprint density at radius 3 is 1.84 bits per heavy atom. The topological polar surface area (TPSA) is 9.23 Å². The molecule has 0 amide bonds. The molecule has 1 aromatic rings. The van der Waals surface area contributed by atoms with Gasteiger partial charge < -0.3 is 4.74 Å². The van der Waals surface area contributed by atoms with Crippen molar-refractivity contribution in [2.45, 2.75) is 65.4 Å². The zero-order chi connectivity index (χ0) is 14.4. The van der Waals surface area contributed by atoms with Crippen LogP contribution in [0, 0.1) is 34.6 Å². The van der Waals surface area contributed by atoms with Crippen LogP contribution in [0.15, 0.2) is 0 Å². The summed E-state index contributed by atoms with van der Waals surface area (Å²) in [7, 11) is 0. The smallest absolute Gasteiger partial charge is 0.0877 e. The van der Waals surface area contributed by atoms with Gasteiger partial charge in [0.15, 0.2) is 0 Å². The van der Waals surface area contributed by atoms with Crippen molar-refractivity contribution in [3.05, 3.63) is 33.4 Å². The highest BCUT2D eigenvalue weighted by molar-refractivity contribution is 6.21. The zero-order valence-electron chi connectivity index (χ0n) is 13.0. The van der Waals surface area contributed by atoms with E-state index in [-0.39, 0.29) is 11.0 Å². The van der Waals surface area contributed by atoms with Gasteiger partial charge in [-0.1, -0.05) is 0 Å². The van der Waals surface area contributed by atoms with Crippen molar-refractivity contribution in [2.75, 3.05) is 6.61 Å². The van der Waals surface area contributed by atoms with Gasteiger partial charge in [-0.15, -0.1) is 11.6 Å². The Balaban J connectivity index is 2.56. The third-order valence-electron chi connectivity index (χ3n) is 5.10. The lowest BCUT2D eigenvalue weighted by Crippen LogP contribution is -2.30. The molecular weight excluding hydrogens is 256 g/mol. The summed E-state index contributed by atoms with van der Waals surface area (Å²) >= 11 is 6.84. The summed E-state index contributed by atoms with van der Waals surface area (Å²) in [5, 5.41) is -0.0620. The van der Waals surface area contributed by atoms with Gasteiger partial charge in [-0.05, 0) is 87.8 Å². The van der Waals surface area contributed by atoms with E-state index in [1.165, 1.54) is 33.4 Å². The molecule has 1 aliphatic heterocycles. The first-order chi connectivity index (χ1) is 8.79. The highest BCUT2D eigenvalue weighted by Crippen LogP contribution is 2.45. The van der Waals surface area contributed by atoms with E-state index in [9.17, 15) is 0 Å². The first-order valence-corrected chi connectivity index (χ1v) is 7.58. The van der Waals surface area contributed by atoms with Crippen molar-refractivity contribution in [3.63, 3.8) is 0 Å². The lowest BCUT2D eigenvalue weighted by Gasteiger charge is -2.32. The molecule has 0 aliphatic carbocycles. The molecule has 0 saturated carbocycles. The third-order valence-corrected chi connectivity index (χ3v) is 5.78. The average Bonchev–Trinajstić information content (AvgIpc) is 2.82. The van der Waals surface area contributed by atoms with Gasteiger partial charge in [-0.25, -0.2) is 0 Å². The lowest BCUT2D eigenvalue weighted by atomic mass is 9.83. The minimum absolute atomic E-state index is 0.0620. The Morgan fingerprint density at radius 1 is 0.947 bits per heavy atom. The quantitative estimate of drug-likeness (QED) is 0.687. The molecule has 2 unspecified atom stereocenters. The predicted molar refractivity (Wildman–Crippen MR) is 82.3 cm³/mol. The van der Waals surface area contributed by atoms with Crippen molar-refractivity contribution in [3.8, 4) is 0 Å². The Morgan fingerprint density at radius 2 is 1.42 bits per heavy atom. The van der Waals surface area contributed by atoms with Gasteiger partial charge in [0.05, 0.1) is 11.0 Å². The van der Waals surface area contributed by atoms with Crippen LogP contribution in [-0.2, 0) is 4.74 Å². The van der Waals surface area contributed by atoms with Gasteiger partial charge in [0.2, 0.25) is 0 Å². The van der Waals surface area contributed by atoms with E-state index in [1.807, 2.05) is 0 Å². The van der Waals surface area contributed by atoms with E-state index in [2.05, 4.69) is 41.5 Å². The maximum Gasteiger partial charge on any atom is 0.0877 e. The van der Waals surface area contributed by atoms with E-state index in [0.717, 1.165) is 19.4 Å². The monoisotopic (exact) mass is 280 g/mol. The van der Waals surface area contributed by atoms with E-state index >= 15 is 0 Å². The summed E-state index contributed by atoms with van der Waals surface area (Å²) in [5.41, 5.74) is 7.85. The van der Waals surface area contributed by atoms with Crippen LogP contribution in [0.3, 0.4) is 0 Å². The SMILES string of the molecule is Cc1c(C)c(C)c(C(Cl)C2(C)CCCO2)c(C)c1C. The second-order valence-electron chi connectivity index (χ2n) is 6.17. The van der Waals surface area contributed by atoms with Crippen LogP contribution >= 0.6 is 11.6 Å². The molecule has 1 nitrogen and oxygen atoms in total. The van der Waals surface area contributed by atoms with Crippen molar-refractivity contribution in [1.29, 1.82) is 0 Å². The Hall–Kier alpha value is -0.530. The van der Waals surface area contributed by atoms with E-state index in [1.54, 1.807) is 0 Å². The summed E-state index contributed by atoms with van der Waals surface area (Å²) < 4.78 is 5.94. The van der Waals surface area contributed by atoms with Gasteiger partial charge in [0.25, 0.3) is 0 Å². The van der Waals surface area contributed by atoms with Crippen LogP contribution in [0.5, 0.6) is 0 Å². The minimum atomic E-state index is -0.217. The maximum absolute atomic E-state index is 6.84. The molecule has 0 aromatic heterocycles. The molecule has 0 spiro atoms. The van der Waals surface area contributed by atoms with Crippen LogP contribution in [0.4, 0.5) is 0 Å². The van der Waals surface area contributed by atoms with E-state index < -0.39 is 0 Å². The van der Waals surface area contributed by atoms with Gasteiger partial charge in [0, 0.05) is 6.61 Å². The van der Waals surface area contributed by atoms with Crippen LogP contribution < -0.4 is 0 Å². The van der Waals surface area contributed by atoms with Crippen molar-refractivity contribution in [2.24, 2.45) is 0 Å². The summed E-state index contributed by atoms with van der Waals surface area (Å²) in [6, 6.07) is 0. The number of alkyl halides is 1. The van der Waals surface area contributed by atoms with Crippen LogP contribution in [0.25, 0.3) is 0 Å². The summed E-state index contributed by atoms with van der Waals surface area (Å²) in [6.07, 6.45) is 2.16. The molecule has 2 rings (SSSR count). The molecule has 1 fully saturated rings. The molecule has 19 heavy (non-hydrogen) atoms. The molecule has 1 heterocycles. The maximum atomic E-state index is 6.84. The third kappa shape index (κ3) is 2.32. The average molecular weight is 281 g/mol. The molecular formula is C17H25ClO. The molecule has 0 N–H and O–H groups in total. The van der Waals surface area contributed by atoms with Crippen LogP contribution in [0.2, 0.25) is 0 Å². The number of ether oxygens (including phenoxy) is 1. The lowest BCUT2D eigenvalue weighted by molar-refractivity contribution is 0.0161. The Labute approximate surface area is 122 Å². The number of benzene rings is 1. The minimum Gasteiger partial charge on any atom is -0.373 e. The molecule has 2 heteroatoms.